The number of benzene rings is 4. The lowest BCUT2D eigenvalue weighted by atomic mass is 9.92. The molecule has 3 heterocycles. The third-order valence-electron chi connectivity index (χ3n) is 8.79. The lowest BCUT2D eigenvalue weighted by molar-refractivity contribution is -0.643. The van der Waals surface area contributed by atoms with Crippen LogP contribution in [0.25, 0.3) is 60.1 Å². The van der Waals surface area contributed by atoms with Crippen LogP contribution in [0.3, 0.4) is 0 Å². The highest BCUT2D eigenvalue weighted by Crippen LogP contribution is 2.45. The third kappa shape index (κ3) is 2.59. The van der Waals surface area contributed by atoms with Crippen molar-refractivity contribution in [3.05, 3.63) is 96.2 Å². The minimum Gasteiger partial charge on any atom is -0.307 e. The van der Waals surface area contributed by atoms with Gasteiger partial charge < -0.3 is 4.40 Å². The molecule has 7 aromatic rings. The number of aromatic nitrogens is 2. The maximum Gasteiger partial charge on any atom is 0.224 e. The Bertz CT molecular complexity index is 1950. The molecule has 1 saturated carbocycles. The Balaban J connectivity index is 1.69. The van der Waals surface area contributed by atoms with Crippen molar-refractivity contribution in [3.63, 3.8) is 0 Å². The number of para-hydroxylation sites is 1. The van der Waals surface area contributed by atoms with E-state index in [0.29, 0.717) is 5.92 Å². The molecular weight excluding hydrogens is 436 g/mol. The molecular formula is C34H29N2+. The lowest BCUT2D eigenvalue weighted by Gasteiger charge is -2.17. The maximum absolute atomic E-state index is 2.61. The minimum absolute atomic E-state index is 0.674. The summed E-state index contributed by atoms with van der Waals surface area (Å²) in [5, 5.41) is 6.80. The first-order valence-corrected chi connectivity index (χ1v) is 13.3. The van der Waals surface area contributed by atoms with Crippen LogP contribution in [0.5, 0.6) is 0 Å². The van der Waals surface area contributed by atoms with E-state index in [4.69, 9.17) is 0 Å². The quantitative estimate of drug-likeness (QED) is 0.137. The van der Waals surface area contributed by atoms with Crippen molar-refractivity contribution < 1.29 is 4.57 Å². The molecule has 2 nitrogen and oxygen atoms in total. The molecule has 3 aromatic heterocycles. The second-order valence-corrected chi connectivity index (χ2v) is 10.8. The third-order valence-corrected chi connectivity index (χ3v) is 8.79. The van der Waals surface area contributed by atoms with E-state index in [1.165, 1.54) is 96.9 Å². The first-order chi connectivity index (χ1) is 17.7. The summed E-state index contributed by atoms with van der Waals surface area (Å²) in [5.41, 5.74) is 10.8. The van der Waals surface area contributed by atoms with Gasteiger partial charge in [-0.15, -0.1) is 0 Å². The summed E-state index contributed by atoms with van der Waals surface area (Å²) in [4.78, 5) is 0. The van der Waals surface area contributed by atoms with Crippen LogP contribution in [-0.2, 0) is 7.05 Å². The Morgan fingerprint density at radius 2 is 1.58 bits per heavy atom. The van der Waals surface area contributed by atoms with Crippen LogP contribution in [0.15, 0.2) is 85.1 Å². The largest absolute Gasteiger partial charge is 0.307 e. The van der Waals surface area contributed by atoms with E-state index >= 15 is 0 Å². The average Bonchev–Trinajstić information content (AvgIpc) is 3.57. The van der Waals surface area contributed by atoms with E-state index in [2.05, 4.69) is 108 Å². The predicted molar refractivity (Wildman–Crippen MR) is 151 cm³/mol. The van der Waals surface area contributed by atoms with Gasteiger partial charge in [-0.1, -0.05) is 79.6 Å². The van der Waals surface area contributed by atoms with Gasteiger partial charge in [0.15, 0.2) is 6.20 Å². The van der Waals surface area contributed by atoms with Gasteiger partial charge in [-0.25, -0.2) is 4.57 Å². The average molecular weight is 466 g/mol. The van der Waals surface area contributed by atoms with Crippen molar-refractivity contribution in [3.8, 4) is 11.1 Å². The zero-order valence-electron chi connectivity index (χ0n) is 20.9. The monoisotopic (exact) mass is 465 g/mol. The van der Waals surface area contributed by atoms with Gasteiger partial charge in [-0.05, 0) is 53.8 Å². The van der Waals surface area contributed by atoms with E-state index in [0.717, 1.165) is 0 Å². The van der Waals surface area contributed by atoms with E-state index in [1.807, 2.05) is 0 Å². The fraction of sp³-hybridized carbons (Fsp3) is 0.206. The highest BCUT2D eigenvalue weighted by Gasteiger charge is 2.26. The molecule has 0 N–H and O–H groups in total. The fourth-order valence-corrected chi connectivity index (χ4v) is 7.12. The second-order valence-electron chi connectivity index (χ2n) is 10.8. The molecule has 174 valence electrons. The van der Waals surface area contributed by atoms with Crippen molar-refractivity contribution in [2.75, 3.05) is 0 Å². The molecule has 1 aliphatic carbocycles. The summed E-state index contributed by atoms with van der Waals surface area (Å²) in [7, 11) is 2.20. The van der Waals surface area contributed by atoms with E-state index in [1.54, 1.807) is 0 Å². The molecule has 0 bridgehead atoms. The first kappa shape index (κ1) is 20.3. The molecule has 0 saturated heterocycles. The summed E-state index contributed by atoms with van der Waals surface area (Å²) >= 11 is 0. The van der Waals surface area contributed by atoms with Crippen molar-refractivity contribution in [2.45, 2.75) is 38.5 Å². The van der Waals surface area contributed by atoms with Gasteiger partial charge in [0.25, 0.3) is 0 Å². The van der Waals surface area contributed by atoms with Gasteiger partial charge >= 0.3 is 0 Å². The van der Waals surface area contributed by atoms with Gasteiger partial charge in [-0.3, -0.25) is 0 Å². The number of pyridine rings is 2. The Morgan fingerprint density at radius 3 is 2.42 bits per heavy atom. The van der Waals surface area contributed by atoms with Gasteiger partial charge in [0.2, 0.25) is 5.52 Å². The fourth-order valence-electron chi connectivity index (χ4n) is 7.12. The molecule has 36 heavy (non-hydrogen) atoms. The first-order valence-electron chi connectivity index (χ1n) is 13.3. The molecule has 0 spiro atoms. The van der Waals surface area contributed by atoms with Crippen molar-refractivity contribution in [1.29, 1.82) is 0 Å². The van der Waals surface area contributed by atoms with Crippen molar-refractivity contribution in [2.24, 2.45) is 7.05 Å². The number of hydrogen-bond acceptors (Lipinski definition) is 0. The van der Waals surface area contributed by atoms with Crippen LogP contribution >= 0.6 is 0 Å². The lowest BCUT2D eigenvalue weighted by Crippen LogP contribution is -2.29. The SMILES string of the molecule is Cc1ccc2c3cccc(-c4ccccc4)c3n3c4cc(C5CCCC5)cc5cc[n+](C)c(c1c23)c54. The number of hydrogen-bond donors (Lipinski definition) is 0. The van der Waals surface area contributed by atoms with E-state index in [9.17, 15) is 0 Å². The molecule has 0 amide bonds. The van der Waals surface area contributed by atoms with Crippen molar-refractivity contribution in [1.82, 2.24) is 4.40 Å². The standard InChI is InChI=1S/C34H29N2/c1-21-15-16-28-27-14-8-13-26(23-11-4-3-5-12-23)32(27)36-29-20-25(22-9-6-7-10-22)19-24-17-18-35(2)34(31(24)29)30(21)33(28)36/h3-5,8,11-20,22H,6-7,9-10H2,1-2H3/q+1. The van der Waals surface area contributed by atoms with Crippen LogP contribution in [0.2, 0.25) is 0 Å². The molecule has 0 atom stereocenters. The summed E-state index contributed by atoms with van der Waals surface area (Å²) in [5.74, 6) is 0.674. The molecule has 0 aliphatic heterocycles. The number of nitrogens with zero attached hydrogens (tertiary/aromatic N) is 2. The zero-order valence-corrected chi connectivity index (χ0v) is 20.9. The van der Waals surface area contributed by atoms with Crippen LogP contribution in [-0.4, -0.2) is 4.40 Å². The molecule has 0 radical (unpaired) electrons. The van der Waals surface area contributed by atoms with E-state index < -0.39 is 0 Å². The van der Waals surface area contributed by atoms with Gasteiger partial charge in [0.05, 0.1) is 27.3 Å². The van der Waals surface area contributed by atoms with Gasteiger partial charge in [-0.2, -0.15) is 0 Å². The van der Waals surface area contributed by atoms with Crippen molar-refractivity contribution >= 4 is 49.0 Å². The number of rotatable bonds is 2. The van der Waals surface area contributed by atoms with Crippen LogP contribution < -0.4 is 4.57 Å². The van der Waals surface area contributed by atoms with E-state index in [-0.39, 0.29) is 0 Å². The molecule has 8 rings (SSSR count). The minimum atomic E-state index is 0.674. The number of aryl methyl sites for hydroxylation is 2. The molecule has 1 fully saturated rings. The Kier molecular flexibility index (Phi) is 4.12. The molecule has 1 aliphatic rings. The Labute approximate surface area is 210 Å². The van der Waals surface area contributed by atoms with Crippen LogP contribution in [0.1, 0.15) is 42.7 Å². The van der Waals surface area contributed by atoms with Gasteiger partial charge in [0, 0.05) is 22.4 Å². The summed E-state index contributed by atoms with van der Waals surface area (Å²) < 4.78 is 4.95. The highest BCUT2D eigenvalue weighted by atomic mass is 15.0. The smallest absolute Gasteiger partial charge is 0.224 e. The highest BCUT2D eigenvalue weighted by molar-refractivity contribution is 6.27. The zero-order chi connectivity index (χ0) is 24.0. The molecule has 2 heteroatoms. The Morgan fingerprint density at radius 1 is 0.778 bits per heavy atom. The van der Waals surface area contributed by atoms with Gasteiger partial charge in [0.1, 0.15) is 7.05 Å². The number of fused-ring (bicyclic) bond motifs is 5. The maximum atomic E-state index is 2.61. The molecule has 4 aromatic carbocycles. The summed E-state index contributed by atoms with van der Waals surface area (Å²) in [6.45, 7) is 2.27. The normalized spacial score (nSPS) is 14.9. The Hall–Kier alpha value is -3.91. The molecule has 0 unspecified atom stereocenters. The van der Waals surface area contributed by atoms with Crippen LogP contribution in [0.4, 0.5) is 0 Å². The second kappa shape index (κ2) is 7.30. The summed E-state index contributed by atoms with van der Waals surface area (Å²) in [6.07, 6.45) is 7.58. The van der Waals surface area contributed by atoms with Crippen LogP contribution in [0, 0.1) is 6.92 Å². The topological polar surface area (TPSA) is 8.29 Å². The predicted octanol–water partition coefficient (Wildman–Crippen LogP) is 8.45. The summed E-state index contributed by atoms with van der Waals surface area (Å²) in [6, 6.07) is 29.7.